The quantitative estimate of drug-likeness (QED) is 0.322. The van der Waals surface area contributed by atoms with Gasteiger partial charge in [-0.05, 0) is 68.4 Å². The highest BCUT2D eigenvalue weighted by Crippen LogP contribution is 2.30. The highest BCUT2D eigenvalue weighted by Gasteiger charge is 2.12. The molecule has 1 amide bonds. The Balaban J connectivity index is 1.78. The van der Waals surface area contributed by atoms with Crippen LogP contribution in [0.4, 0.5) is 5.69 Å². The molecule has 0 saturated carbocycles. The van der Waals surface area contributed by atoms with Crippen LogP contribution in [0.3, 0.4) is 0 Å². The molecule has 0 bridgehead atoms. The fourth-order valence-corrected chi connectivity index (χ4v) is 3.84. The van der Waals surface area contributed by atoms with Crippen molar-refractivity contribution < 1.29 is 14.3 Å². The molecule has 3 rings (SSSR count). The first-order chi connectivity index (χ1) is 14.5. The molecule has 0 fully saturated rings. The first-order valence-electron chi connectivity index (χ1n) is 9.52. The van der Waals surface area contributed by atoms with Gasteiger partial charge in [0.05, 0.1) is 6.61 Å². The molecular formula is C24H22ClNO3S. The number of anilines is 1. The van der Waals surface area contributed by atoms with Gasteiger partial charge in [-0.3, -0.25) is 9.59 Å². The van der Waals surface area contributed by atoms with Crippen LogP contribution in [0.15, 0.2) is 71.6 Å². The summed E-state index contributed by atoms with van der Waals surface area (Å²) in [6.07, 6.45) is 0. The number of rotatable bonds is 8. The zero-order valence-corrected chi connectivity index (χ0v) is 18.3. The summed E-state index contributed by atoms with van der Waals surface area (Å²) >= 11 is 7.60. The van der Waals surface area contributed by atoms with E-state index in [1.165, 1.54) is 6.92 Å². The second kappa shape index (κ2) is 10.3. The topological polar surface area (TPSA) is 55.4 Å². The Morgan fingerprint density at radius 1 is 1.00 bits per heavy atom. The lowest BCUT2D eigenvalue weighted by Gasteiger charge is -2.13. The maximum absolute atomic E-state index is 12.8. The molecule has 1 N–H and O–H groups in total. The second-order valence-electron chi connectivity index (χ2n) is 6.59. The molecule has 4 nitrogen and oxygen atoms in total. The average Bonchev–Trinajstić information content (AvgIpc) is 2.74. The van der Waals surface area contributed by atoms with E-state index in [2.05, 4.69) is 5.32 Å². The molecule has 154 valence electrons. The summed E-state index contributed by atoms with van der Waals surface area (Å²) in [6.45, 7) is 3.97. The zero-order valence-electron chi connectivity index (χ0n) is 16.8. The lowest BCUT2D eigenvalue weighted by Crippen LogP contribution is -2.13. The molecular weight excluding hydrogens is 418 g/mol. The van der Waals surface area contributed by atoms with E-state index in [0.717, 1.165) is 16.2 Å². The van der Waals surface area contributed by atoms with Crippen molar-refractivity contribution in [1.29, 1.82) is 0 Å². The zero-order chi connectivity index (χ0) is 21.5. The Kier molecular flexibility index (Phi) is 7.55. The van der Waals surface area contributed by atoms with Gasteiger partial charge in [-0.15, -0.1) is 11.8 Å². The molecule has 0 radical (unpaired) electrons. The van der Waals surface area contributed by atoms with E-state index in [-0.39, 0.29) is 11.7 Å². The van der Waals surface area contributed by atoms with Crippen LogP contribution in [0.5, 0.6) is 5.75 Å². The molecule has 0 unspecified atom stereocenters. The maximum Gasteiger partial charge on any atom is 0.255 e. The van der Waals surface area contributed by atoms with Crippen LogP contribution >= 0.6 is 23.4 Å². The van der Waals surface area contributed by atoms with Crippen LogP contribution in [0, 0.1) is 0 Å². The molecule has 3 aromatic rings. The van der Waals surface area contributed by atoms with E-state index < -0.39 is 0 Å². The largest absolute Gasteiger partial charge is 0.494 e. The summed E-state index contributed by atoms with van der Waals surface area (Å²) in [5, 5.41) is 3.55. The maximum atomic E-state index is 12.8. The average molecular weight is 440 g/mol. The number of amides is 1. The van der Waals surface area contributed by atoms with Crippen LogP contribution in [0.25, 0.3) is 0 Å². The number of carbonyl (C=O) groups excluding carboxylic acids is 2. The van der Waals surface area contributed by atoms with E-state index >= 15 is 0 Å². The Hall–Kier alpha value is -2.76. The van der Waals surface area contributed by atoms with E-state index in [0.29, 0.717) is 34.2 Å². The smallest absolute Gasteiger partial charge is 0.255 e. The van der Waals surface area contributed by atoms with Gasteiger partial charge >= 0.3 is 0 Å². The van der Waals surface area contributed by atoms with Gasteiger partial charge in [0, 0.05) is 38.0 Å². The number of ketones is 1. The SMILES string of the molecule is CCOc1ccc(C(=O)Nc2cccc(C(C)=O)c2)cc1CSc1ccc(Cl)cc1. The van der Waals surface area contributed by atoms with Crippen molar-refractivity contribution >= 4 is 40.7 Å². The van der Waals surface area contributed by atoms with Crippen LogP contribution < -0.4 is 10.1 Å². The number of thioether (sulfide) groups is 1. The van der Waals surface area contributed by atoms with E-state index in [1.54, 1.807) is 42.1 Å². The second-order valence-corrected chi connectivity index (χ2v) is 8.07. The predicted molar refractivity (Wildman–Crippen MR) is 123 cm³/mol. The normalized spacial score (nSPS) is 10.5. The predicted octanol–water partition coefficient (Wildman–Crippen LogP) is 6.49. The lowest BCUT2D eigenvalue weighted by atomic mass is 10.1. The Morgan fingerprint density at radius 3 is 2.47 bits per heavy atom. The van der Waals surface area contributed by atoms with Crippen molar-refractivity contribution in [3.63, 3.8) is 0 Å². The molecule has 6 heteroatoms. The van der Waals surface area contributed by atoms with Crippen molar-refractivity contribution in [2.75, 3.05) is 11.9 Å². The van der Waals surface area contributed by atoms with Gasteiger partial charge in [0.25, 0.3) is 5.91 Å². The molecule has 0 atom stereocenters. The van der Waals surface area contributed by atoms with Crippen molar-refractivity contribution in [2.45, 2.75) is 24.5 Å². The van der Waals surface area contributed by atoms with Crippen molar-refractivity contribution in [3.8, 4) is 5.75 Å². The van der Waals surface area contributed by atoms with Gasteiger partial charge < -0.3 is 10.1 Å². The fraction of sp³-hybridized carbons (Fsp3) is 0.167. The Labute approximate surface area is 185 Å². The molecule has 30 heavy (non-hydrogen) atoms. The molecule has 0 saturated heterocycles. The number of halogens is 1. The highest BCUT2D eigenvalue weighted by molar-refractivity contribution is 7.98. The summed E-state index contributed by atoms with van der Waals surface area (Å²) in [6, 6.07) is 19.9. The molecule has 0 aliphatic carbocycles. The number of nitrogens with one attached hydrogen (secondary N) is 1. The minimum atomic E-state index is -0.239. The van der Waals surface area contributed by atoms with Gasteiger partial charge in [0.1, 0.15) is 5.75 Å². The molecule has 3 aromatic carbocycles. The van der Waals surface area contributed by atoms with Crippen LogP contribution in [-0.4, -0.2) is 18.3 Å². The summed E-state index contributed by atoms with van der Waals surface area (Å²) in [5.41, 5.74) is 2.60. The Bertz CT molecular complexity index is 1050. The minimum absolute atomic E-state index is 0.0475. The number of Topliss-reactive ketones (excluding diaryl/α,β-unsaturated/α-hetero) is 1. The van der Waals surface area contributed by atoms with Crippen LogP contribution in [0.1, 0.15) is 40.1 Å². The van der Waals surface area contributed by atoms with Gasteiger partial charge in [-0.1, -0.05) is 23.7 Å². The van der Waals surface area contributed by atoms with Crippen molar-refractivity contribution in [1.82, 2.24) is 0 Å². The van der Waals surface area contributed by atoms with E-state index in [1.807, 2.05) is 43.3 Å². The summed E-state index contributed by atoms with van der Waals surface area (Å²) in [4.78, 5) is 25.4. The third-order valence-electron chi connectivity index (χ3n) is 4.36. The third kappa shape index (κ3) is 5.88. The molecule has 0 heterocycles. The van der Waals surface area contributed by atoms with E-state index in [9.17, 15) is 9.59 Å². The van der Waals surface area contributed by atoms with Crippen LogP contribution in [0.2, 0.25) is 5.02 Å². The van der Waals surface area contributed by atoms with Gasteiger partial charge in [-0.2, -0.15) is 0 Å². The first-order valence-corrected chi connectivity index (χ1v) is 10.9. The van der Waals surface area contributed by atoms with Gasteiger partial charge in [-0.25, -0.2) is 0 Å². The number of benzene rings is 3. The lowest BCUT2D eigenvalue weighted by molar-refractivity contribution is 0.101. The summed E-state index contributed by atoms with van der Waals surface area (Å²) < 4.78 is 5.74. The number of carbonyl (C=O) groups is 2. The van der Waals surface area contributed by atoms with E-state index in [4.69, 9.17) is 16.3 Å². The summed E-state index contributed by atoms with van der Waals surface area (Å²) in [5.74, 6) is 1.12. The van der Waals surface area contributed by atoms with Crippen molar-refractivity contribution in [3.05, 3.63) is 88.4 Å². The highest BCUT2D eigenvalue weighted by atomic mass is 35.5. The number of hydrogen-bond acceptors (Lipinski definition) is 4. The third-order valence-corrected chi connectivity index (χ3v) is 5.67. The van der Waals surface area contributed by atoms with Crippen molar-refractivity contribution in [2.24, 2.45) is 0 Å². The molecule has 0 aromatic heterocycles. The van der Waals surface area contributed by atoms with Crippen LogP contribution in [-0.2, 0) is 5.75 Å². The van der Waals surface area contributed by atoms with Gasteiger partial charge in [0.15, 0.2) is 5.78 Å². The molecule has 0 spiro atoms. The molecule has 0 aliphatic rings. The molecule has 0 aliphatic heterocycles. The standard InChI is InChI=1S/C24H22ClNO3S/c1-3-29-23-12-7-18(13-19(23)15-30-22-10-8-20(25)9-11-22)24(28)26-21-6-4-5-17(14-21)16(2)27/h4-14H,3,15H2,1-2H3,(H,26,28). The summed E-state index contributed by atoms with van der Waals surface area (Å²) in [7, 11) is 0. The Morgan fingerprint density at radius 2 is 1.77 bits per heavy atom. The fourth-order valence-electron chi connectivity index (χ4n) is 2.84. The van der Waals surface area contributed by atoms with Gasteiger partial charge in [0.2, 0.25) is 0 Å². The minimum Gasteiger partial charge on any atom is -0.494 e. The first kappa shape index (κ1) is 21.9. The number of ether oxygens (including phenoxy) is 1. The monoisotopic (exact) mass is 439 g/mol. The number of hydrogen-bond donors (Lipinski definition) is 1.